The van der Waals surface area contributed by atoms with Gasteiger partial charge in [0.05, 0.1) is 11.8 Å². The van der Waals surface area contributed by atoms with Crippen molar-refractivity contribution in [3.8, 4) is 0 Å². The van der Waals surface area contributed by atoms with E-state index in [1.807, 2.05) is 0 Å². The maximum Gasteiger partial charge on any atom is 0.411 e. The Hall–Kier alpha value is -1.58. The monoisotopic (exact) mass is 211 g/mol. The zero-order chi connectivity index (χ0) is 11.4. The Morgan fingerprint density at radius 2 is 2.13 bits per heavy atom. The van der Waals surface area contributed by atoms with Crippen LogP contribution in [0.2, 0.25) is 0 Å². The summed E-state index contributed by atoms with van der Waals surface area (Å²) in [5.74, 6) is -0.462. The smallest absolute Gasteiger partial charge is 0.411 e. The number of aryl methyl sites for hydroxylation is 1. The molecule has 0 bridgehead atoms. The van der Waals surface area contributed by atoms with Gasteiger partial charge in [0.1, 0.15) is 5.82 Å². The van der Waals surface area contributed by atoms with Gasteiger partial charge in [0.15, 0.2) is 0 Å². The van der Waals surface area contributed by atoms with Crippen molar-refractivity contribution >= 4 is 11.8 Å². The summed E-state index contributed by atoms with van der Waals surface area (Å²) in [6.45, 7) is 5.18. The predicted octanol–water partition coefficient (Wildman–Crippen LogP) is 3.09. The molecule has 0 fully saturated rings. The third kappa shape index (κ3) is 3.23. The second kappa shape index (κ2) is 4.77. The van der Waals surface area contributed by atoms with Crippen molar-refractivity contribution in [1.82, 2.24) is 0 Å². The summed E-state index contributed by atoms with van der Waals surface area (Å²) in [4.78, 5) is 11.2. The summed E-state index contributed by atoms with van der Waals surface area (Å²) < 4.78 is 18.1. The molecule has 3 nitrogen and oxygen atoms in total. The van der Waals surface area contributed by atoms with E-state index in [9.17, 15) is 9.18 Å². The highest BCUT2D eigenvalue weighted by atomic mass is 19.1. The van der Waals surface area contributed by atoms with Crippen molar-refractivity contribution < 1.29 is 13.9 Å². The van der Waals surface area contributed by atoms with Crippen LogP contribution in [0.3, 0.4) is 0 Å². The van der Waals surface area contributed by atoms with Crippen molar-refractivity contribution in [2.75, 3.05) is 5.32 Å². The third-order valence-electron chi connectivity index (χ3n) is 1.79. The lowest BCUT2D eigenvalue weighted by Crippen LogP contribution is -2.19. The van der Waals surface area contributed by atoms with Gasteiger partial charge in [-0.2, -0.15) is 0 Å². The van der Waals surface area contributed by atoms with E-state index in [0.717, 1.165) is 0 Å². The second-order valence-corrected chi connectivity index (χ2v) is 3.51. The fourth-order valence-corrected chi connectivity index (χ4v) is 1.14. The fraction of sp³-hybridized carbons (Fsp3) is 0.364. The Labute approximate surface area is 88.2 Å². The number of carbonyl (C=O) groups is 1. The minimum atomic E-state index is -0.641. The lowest BCUT2D eigenvalue weighted by atomic mass is 10.2. The molecule has 0 spiro atoms. The Morgan fingerprint density at radius 3 is 2.67 bits per heavy atom. The van der Waals surface area contributed by atoms with Gasteiger partial charge in [-0.25, -0.2) is 9.18 Å². The predicted molar refractivity (Wildman–Crippen MR) is 56.4 cm³/mol. The molecule has 1 aromatic carbocycles. The second-order valence-electron chi connectivity index (χ2n) is 3.51. The molecule has 0 heterocycles. The van der Waals surface area contributed by atoms with Gasteiger partial charge >= 0.3 is 6.09 Å². The van der Waals surface area contributed by atoms with Crippen LogP contribution in [0.4, 0.5) is 14.9 Å². The zero-order valence-electron chi connectivity index (χ0n) is 9.00. The van der Waals surface area contributed by atoms with Crippen molar-refractivity contribution in [3.63, 3.8) is 0 Å². The van der Waals surface area contributed by atoms with E-state index in [1.165, 1.54) is 6.07 Å². The van der Waals surface area contributed by atoms with E-state index >= 15 is 0 Å². The third-order valence-corrected chi connectivity index (χ3v) is 1.79. The minimum Gasteiger partial charge on any atom is -0.447 e. The average molecular weight is 211 g/mol. The maximum atomic E-state index is 13.3. The molecule has 1 amide bonds. The molecule has 0 aromatic heterocycles. The van der Waals surface area contributed by atoms with Crippen LogP contribution in [0.5, 0.6) is 0 Å². The van der Waals surface area contributed by atoms with Crippen LogP contribution in [-0.4, -0.2) is 12.2 Å². The number of anilines is 1. The molecule has 0 saturated carbocycles. The SMILES string of the molecule is Cc1cccc(F)c1NC(=O)OC(C)C. The average Bonchev–Trinajstić information content (AvgIpc) is 2.10. The van der Waals surface area contributed by atoms with Gasteiger partial charge in [-0.05, 0) is 32.4 Å². The first-order valence-electron chi connectivity index (χ1n) is 4.73. The first kappa shape index (κ1) is 11.5. The van der Waals surface area contributed by atoms with Gasteiger partial charge in [0.25, 0.3) is 0 Å². The molecular weight excluding hydrogens is 197 g/mol. The molecule has 4 heteroatoms. The quantitative estimate of drug-likeness (QED) is 0.816. The van der Waals surface area contributed by atoms with Gasteiger partial charge in [-0.1, -0.05) is 12.1 Å². The Bertz CT molecular complexity index is 343. The molecule has 0 saturated heterocycles. The normalized spacial score (nSPS) is 10.2. The molecule has 0 radical (unpaired) electrons. The number of ether oxygens (including phenoxy) is 1. The van der Waals surface area contributed by atoms with Gasteiger partial charge in [0.2, 0.25) is 0 Å². The molecule has 15 heavy (non-hydrogen) atoms. The molecule has 1 N–H and O–H groups in total. The number of hydrogen-bond donors (Lipinski definition) is 1. The van der Waals surface area contributed by atoms with Crippen molar-refractivity contribution in [2.45, 2.75) is 26.9 Å². The van der Waals surface area contributed by atoms with Crippen LogP contribution >= 0.6 is 0 Å². The van der Waals surface area contributed by atoms with E-state index in [2.05, 4.69) is 5.32 Å². The summed E-state index contributed by atoms with van der Waals surface area (Å²) in [7, 11) is 0. The molecule has 1 rings (SSSR count). The van der Waals surface area contributed by atoms with Crippen LogP contribution in [0.1, 0.15) is 19.4 Å². The van der Waals surface area contributed by atoms with Crippen molar-refractivity contribution in [3.05, 3.63) is 29.6 Å². The van der Waals surface area contributed by atoms with E-state index in [4.69, 9.17) is 4.74 Å². The van der Waals surface area contributed by atoms with E-state index in [-0.39, 0.29) is 11.8 Å². The lowest BCUT2D eigenvalue weighted by molar-refractivity contribution is 0.130. The zero-order valence-corrected chi connectivity index (χ0v) is 9.00. The molecule has 0 aliphatic carbocycles. The number of halogens is 1. The molecule has 0 atom stereocenters. The number of amides is 1. The van der Waals surface area contributed by atoms with Gasteiger partial charge < -0.3 is 4.74 Å². The molecule has 1 aromatic rings. The fourth-order valence-electron chi connectivity index (χ4n) is 1.14. The van der Waals surface area contributed by atoms with Crippen molar-refractivity contribution in [1.29, 1.82) is 0 Å². The highest BCUT2D eigenvalue weighted by Gasteiger charge is 2.10. The van der Waals surface area contributed by atoms with E-state index in [0.29, 0.717) is 5.56 Å². The topological polar surface area (TPSA) is 38.3 Å². The van der Waals surface area contributed by atoms with Crippen LogP contribution in [0.15, 0.2) is 18.2 Å². The summed E-state index contributed by atoms with van der Waals surface area (Å²) in [5.41, 5.74) is 0.832. The van der Waals surface area contributed by atoms with Gasteiger partial charge in [0, 0.05) is 0 Å². The van der Waals surface area contributed by atoms with Crippen LogP contribution in [0.25, 0.3) is 0 Å². The molecular formula is C11H14FNO2. The number of benzene rings is 1. The highest BCUT2D eigenvalue weighted by Crippen LogP contribution is 2.18. The lowest BCUT2D eigenvalue weighted by Gasteiger charge is -2.11. The first-order chi connectivity index (χ1) is 7.00. The van der Waals surface area contributed by atoms with Gasteiger partial charge in [-0.15, -0.1) is 0 Å². The Kier molecular flexibility index (Phi) is 3.66. The summed E-state index contributed by atoms with van der Waals surface area (Å²) in [5, 5.41) is 2.37. The number of nitrogens with one attached hydrogen (secondary N) is 1. The van der Waals surface area contributed by atoms with Gasteiger partial charge in [-0.3, -0.25) is 5.32 Å². The number of rotatable bonds is 2. The maximum absolute atomic E-state index is 13.3. The highest BCUT2D eigenvalue weighted by molar-refractivity contribution is 5.85. The van der Waals surface area contributed by atoms with E-state index in [1.54, 1.807) is 32.9 Å². The summed E-state index contributed by atoms with van der Waals surface area (Å²) >= 11 is 0. The largest absolute Gasteiger partial charge is 0.447 e. The molecule has 0 unspecified atom stereocenters. The number of hydrogen-bond acceptors (Lipinski definition) is 2. The number of carbonyl (C=O) groups excluding carboxylic acids is 1. The Morgan fingerprint density at radius 1 is 1.47 bits per heavy atom. The molecule has 82 valence electrons. The minimum absolute atomic E-state index is 0.170. The molecule has 0 aliphatic rings. The number of para-hydroxylation sites is 1. The van der Waals surface area contributed by atoms with E-state index < -0.39 is 11.9 Å². The van der Waals surface area contributed by atoms with Crippen LogP contribution in [-0.2, 0) is 4.74 Å². The standard InChI is InChI=1S/C11H14FNO2/c1-7(2)15-11(14)13-10-8(3)5-4-6-9(10)12/h4-7H,1-3H3,(H,13,14). The first-order valence-corrected chi connectivity index (χ1v) is 4.73. The van der Waals surface area contributed by atoms with Crippen molar-refractivity contribution in [2.24, 2.45) is 0 Å². The van der Waals surface area contributed by atoms with Crippen LogP contribution < -0.4 is 5.32 Å². The summed E-state index contributed by atoms with van der Waals surface area (Å²) in [6.07, 6.45) is -0.865. The Balaban J connectivity index is 2.76. The van der Waals surface area contributed by atoms with Crippen LogP contribution in [0, 0.1) is 12.7 Å². The molecule has 0 aliphatic heterocycles. The summed E-state index contributed by atoms with van der Waals surface area (Å²) in [6, 6.07) is 4.59.